The fourth-order valence-electron chi connectivity index (χ4n) is 5.97. The van der Waals surface area contributed by atoms with Gasteiger partial charge in [-0.2, -0.15) is 0 Å². The summed E-state index contributed by atoms with van der Waals surface area (Å²) in [6.45, 7) is 9.04. The van der Waals surface area contributed by atoms with E-state index >= 15 is 0 Å². The van der Waals surface area contributed by atoms with Crippen LogP contribution in [0.1, 0.15) is 47.0 Å². The van der Waals surface area contributed by atoms with E-state index in [2.05, 4.69) is 11.8 Å². The van der Waals surface area contributed by atoms with Crippen LogP contribution >= 0.6 is 0 Å². The lowest BCUT2D eigenvalue weighted by Crippen LogP contribution is -2.53. The number of nitrogens with zero attached hydrogens (tertiary/aromatic N) is 1. The average Bonchev–Trinajstić information content (AvgIpc) is 3.09. The average molecular weight is 434 g/mol. The number of rotatable bonds is 2. The second-order valence-corrected chi connectivity index (χ2v) is 10.1. The zero-order valence-electron chi connectivity index (χ0n) is 18.5. The predicted molar refractivity (Wildman–Crippen MR) is 108 cm³/mol. The van der Waals surface area contributed by atoms with Gasteiger partial charge in [-0.05, 0) is 44.8 Å². The van der Waals surface area contributed by atoms with Gasteiger partial charge in [0.25, 0.3) is 0 Å². The number of hydrogen-bond acceptors (Lipinski definition) is 8. The number of ether oxygens (including phenoxy) is 4. The summed E-state index contributed by atoms with van der Waals surface area (Å²) in [5, 5.41) is 0. The third kappa shape index (κ3) is 3.48. The summed E-state index contributed by atoms with van der Waals surface area (Å²) in [6, 6.07) is -0.425. The number of likely N-dealkylation sites (tertiary alicyclic amines) is 1. The fraction of sp³-hybridized carbons (Fsp3) is 0.783. The Kier molecular flexibility index (Phi) is 4.93. The Bertz CT molecular complexity index is 832. The summed E-state index contributed by atoms with van der Waals surface area (Å²) in [7, 11) is 0. The molecule has 170 valence electrons. The van der Waals surface area contributed by atoms with E-state index in [4.69, 9.17) is 18.9 Å². The molecule has 0 spiro atoms. The maximum absolute atomic E-state index is 13.1. The molecule has 1 unspecified atom stereocenters. The normalized spacial score (nSPS) is 45.2. The Balaban J connectivity index is 1.58. The monoisotopic (exact) mass is 433 g/mol. The molecule has 4 heterocycles. The lowest BCUT2D eigenvalue weighted by molar-refractivity contribution is -0.153. The maximum atomic E-state index is 13.1. The zero-order chi connectivity index (χ0) is 22.1. The first kappa shape index (κ1) is 20.9. The highest BCUT2D eigenvalue weighted by Crippen LogP contribution is 2.51. The van der Waals surface area contributed by atoms with Crippen LogP contribution in [-0.4, -0.2) is 72.0 Å². The SMILES string of the molecule is CC(=O)O[C@@H]1[C@@H](N2CCC(C)CC2)C2=C[C@@H](OC2=O)[C@@H]2C(C)C(=O)O[C@H]2C[C@]2(C)O[C@@H]12. The van der Waals surface area contributed by atoms with Crippen molar-refractivity contribution >= 4 is 17.9 Å². The smallest absolute Gasteiger partial charge is 0.336 e. The first-order chi connectivity index (χ1) is 14.7. The minimum atomic E-state index is -0.625. The molecule has 0 radical (unpaired) electrons. The molecular weight excluding hydrogens is 402 g/mol. The molecule has 5 aliphatic rings. The van der Waals surface area contributed by atoms with Gasteiger partial charge >= 0.3 is 17.9 Å². The topological polar surface area (TPSA) is 94.7 Å². The highest BCUT2D eigenvalue weighted by atomic mass is 16.6. The summed E-state index contributed by atoms with van der Waals surface area (Å²) in [5.41, 5.74) is -0.0782. The summed E-state index contributed by atoms with van der Waals surface area (Å²) in [4.78, 5) is 39.8. The van der Waals surface area contributed by atoms with Gasteiger partial charge in [-0.3, -0.25) is 14.5 Å². The van der Waals surface area contributed by atoms with Crippen LogP contribution in [0.4, 0.5) is 0 Å². The van der Waals surface area contributed by atoms with Crippen LogP contribution < -0.4 is 0 Å². The van der Waals surface area contributed by atoms with E-state index in [0.717, 1.165) is 25.9 Å². The Morgan fingerprint density at radius 3 is 2.58 bits per heavy atom. The number of fused-ring (bicyclic) bond motifs is 4. The lowest BCUT2D eigenvalue weighted by Gasteiger charge is -2.40. The number of piperidine rings is 1. The molecule has 0 N–H and O–H groups in total. The van der Waals surface area contributed by atoms with Crippen molar-refractivity contribution < 1.29 is 33.3 Å². The van der Waals surface area contributed by atoms with E-state index in [-0.39, 0.29) is 23.9 Å². The minimum Gasteiger partial charge on any atom is -0.462 e. The Morgan fingerprint density at radius 1 is 1.19 bits per heavy atom. The molecule has 8 atom stereocenters. The van der Waals surface area contributed by atoms with Gasteiger partial charge in [0.15, 0.2) is 6.10 Å². The van der Waals surface area contributed by atoms with Crippen molar-refractivity contribution in [1.82, 2.24) is 4.90 Å². The van der Waals surface area contributed by atoms with Gasteiger partial charge in [0.05, 0.1) is 23.1 Å². The van der Waals surface area contributed by atoms with Gasteiger partial charge < -0.3 is 18.9 Å². The quantitative estimate of drug-likeness (QED) is 0.368. The zero-order valence-corrected chi connectivity index (χ0v) is 18.5. The number of epoxide rings is 1. The second-order valence-electron chi connectivity index (χ2n) is 10.1. The Hall–Kier alpha value is -1.93. The van der Waals surface area contributed by atoms with Crippen molar-refractivity contribution in [2.45, 2.75) is 83.0 Å². The van der Waals surface area contributed by atoms with Crippen LogP contribution in [-0.2, 0) is 33.3 Å². The molecule has 8 nitrogen and oxygen atoms in total. The molecule has 2 bridgehead atoms. The van der Waals surface area contributed by atoms with E-state index in [0.29, 0.717) is 17.9 Å². The molecule has 4 aliphatic heterocycles. The predicted octanol–water partition coefficient (Wildman–Crippen LogP) is 1.61. The van der Waals surface area contributed by atoms with Gasteiger partial charge in [0.1, 0.15) is 18.3 Å². The minimum absolute atomic E-state index is 0.247. The van der Waals surface area contributed by atoms with E-state index in [9.17, 15) is 14.4 Å². The first-order valence-electron chi connectivity index (χ1n) is 11.4. The molecule has 0 aromatic heterocycles. The molecule has 31 heavy (non-hydrogen) atoms. The largest absolute Gasteiger partial charge is 0.462 e. The lowest BCUT2D eigenvalue weighted by atomic mass is 9.79. The summed E-state index contributed by atoms with van der Waals surface area (Å²) >= 11 is 0. The summed E-state index contributed by atoms with van der Waals surface area (Å²) < 4.78 is 23.4. The molecule has 8 heteroatoms. The van der Waals surface area contributed by atoms with Gasteiger partial charge in [0, 0.05) is 19.3 Å². The molecular formula is C23H31NO7. The second kappa shape index (κ2) is 7.30. The van der Waals surface area contributed by atoms with Crippen molar-refractivity contribution in [2.75, 3.05) is 13.1 Å². The van der Waals surface area contributed by atoms with E-state index in [1.165, 1.54) is 6.92 Å². The number of esters is 3. The Morgan fingerprint density at radius 2 is 1.90 bits per heavy atom. The number of carbonyl (C=O) groups excluding carboxylic acids is 3. The maximum Gasteiger partial charge on any atom is 0.336 e. The summed E-state index contributed by atoms with van der Waals surface area (Å²) in [6.07, 6.45) is 2.43. The van der Waals surface area contributed by atoms with Crippen LogP contribution in [0, 0.1) is 17.8 Å². The van der Waals surface area contributed by atoms with Crippen LogP contribution in [0.5, 0.6) is 0 Å². The summed E-state index contributed by atoms with van der Waals surface area (Å²) in [5.74, 6) is -1.07. The van der Waals surface area contributed by atoms with Gasteiger partial charge in [-0.25, -0.2) is 4.79 Å². The van der Waals surface area contributed by atoms with E-state index in [1.54, 1.807) is 0 Å². The van der Waals surface area contributed by atoms with Crippen LogP contribution in [0.2, 0.25) is 0 Å². The van der Waals surface area contributed by atoms with Gasteiger partial charge in [-0.15, -0.1) is 0 Å². The van der Waals surface area contributed by atoms with Crippen LogP contribution in [0.15, 0.2) is 11.6 Å². The first-order valence-corrected chi connectivity index (χ1v) is 11.4. The van der Waals surface area contributed by atoms with Crippen LogP contribution in [0.25, 0.3) is 0 Å². The van der Waals surface area contributed by atoms with Crippen molar-refractivity contribution in [3.05, 3.63) is 11.6 Å². The van der Waals surface area contributed by atoms with Crippen LogP contribution in [0.3, 0.4) is 0 Å². The molecule has 3 saturated heterocycles. The molecule has 0 amide bonds. The molecule has 0 saturated carbocycles. The standard InChI is InChI=1S/C23H31NO7/c1-11-5-7-24(8-6-11)18-14-9-15(29-22(14)27)17-12(2)21(26)30-16(17)10-23(4)20(31-23)19(18)28-13(3)25/h9,11-12,15-20H,5-8,10H2,1-4H3/t12?,15-,16+,17+,18+,19-,20+,23+/m1/s1. The molecule has 5 rings (SSSR count). The molecule has 0 aromatic rings. The number of carbonyl (C=O) groups is 3. The van der Waals surface area contributed by atoms with E-state index < -0.39 is 41.9 Å². The molecule has 0 aromatic carbocycles. The van der Waals surface area contributed by atoms with Crippen molar-refractivity contribution in [3.8, 4) is 0 Å². The van der Waals surface area contributed by atoms with E-state index in [1.807, 2.05) is 19.9 Å². The van der Waals surface area contributed by atoms with Gasteiger partial charge in [-0.1, -0.05) is 13.8 Å². The van der Waals surface area contributed by atoms with Crippen molar-refractivity contribution in [2.24, 2.45) is 17.8 Å². The van der Waals surface area contributed by atoms with Crippen molar-refractivity contribution in [3.63, 3.8) is 0 Å². The third-order valence-electron chi connectivity index (χ3n) is 7.84. The fourth-order valence-corrected chi connectivity index (χ4v) is 5.97. The highest BCUT2D eigenvalue weighted by Gasteiger charge is 2.65. The highest BCUT2D eigenvalue weighted by molar-refractivity contribution is 5.93. The Labute approximate surface area is 182 Å². The molecule has 3 fully saturated rings. The van der Waals surface area contributed by atoms with Gasteiger partial charge in [0.2, 0.25) is 0 Å². The third-order valence-corrected chi connectivity index (χ3v) is 7.84. The van der Waals surface area contributed by atoms with Crippen molar-refractivity contribution in [1.29, 1.82) is 0 Å². The molecule has 1 aliphatic carbocycles. The number of hydrogen-bond donors (Lipinski definition) is 0.